The van der Waals surface area contributed by atoms with Crippen molar-refractivity contribution >= 4 is 11.7 Å². The zero-order valence-electron chi connectivity index (χ0n) is 14.1. The Kier molecular flexibility index (Phi) is 8.18. The number of unbranched alkanes of at least 4 members (excludes halogenated alkanes) is 4. The van der Waals surface area contributed by atoms with Gasteiger partial charge >= 0.3 is 6.03 Å². The van der Waals surface area contributed by atoms with Crippen molar-refractivity contribution in [3.63, 3.8) is 0 Å². The largest absolute Gasteiger partial charge is 0.496 e. The van der Waals surface area contributed by atoms with Crippen molar-refractivity contribution in [3.8, 4) is 11.5 Å². The second-order valence-corrected chi connectivity index (χ2v) is 5.32. The number of urea groups is 1. The summed E-state index contributed by atoms with van der Waals surface area (Å²) in [6.07, 6.45) is 5.86. The molecule has 5 nitrogen and oxygen atoms in total. The van der Waals surface area contributed by atoms with Gasteiger partial charge in [0.1, 0.15) is 11.5 Å². The molecular formula is C17H28N2O3. The molecule has 0 radical (unpaired) electrons. The molecule has 0 aliphatic rings. The van der Waals surface area contributed by atoms with Crippen LogP contribution in [0.3, 0.4) is 0 Å². The van der Waals surface area contributed by atoms with E-state index < -0.39 is 0 Å². The number of carbonyl (C=O) groups excluding carboxylic acids is 1. The average Bonchev–Trinajstić information content (AvgIpc) is 2.52. The number of rotatable bonds is 9. The van der Waals surface area contributed by atoms with Crippen molar-refractivity contribution < 1.29 is 14.3 Å². The third-order valence-electron chi connectivity index (χ3n) is 3.53. The van der Waals surface area contributed by atoms with Gasteiger partial charge in [-0.15, -0.1) is 0 Å². The number of hydrogen-bond acceptors (Lipinski definition) is 3. The molecule has 0 saturated heterocycles. The molecule has 0 unspecified atom stereocenters. The number of hydrogen-bond donors (Lipinski definition) is 2. The lowest BCUT2D eigenvalue weighted by atomic mass is 10.1. The van der Waals surface area contributed by atoms with Gasteiger partial charge in [-0.1, -0.05) is 32.6 Å². The van der Waals surface area contributed by atoms with E-state index in [0.29, 0.717) is 18.0 Å². The maximum absolute atomic E-state index is 11.9. The van der Waals surface area contributed by atoms with Crippen molar-refractivity contribution in [2.75, 3.05) is 26.1 Å². The van der Waals surface area contributed by atoms with Crippen LogP contribution in [0.2, 0.25) is 0 Å². The molecule has 22 heavy (non-hydrogen) atoms. The highest BCUT2D eigenvalue weighted by molar-refractivity contribution is 5.91. The van der Waals surface area contributed by atoms with Gasteiger partial charge in [-0.2, -0.15) is 0 Å². The first-order valence-corrected chi connectivity index (χ1v) is 7.89. The first kappa shape index (κ1) is 18.1. The van der Waals surface area contributed by atoms with Crippen LogP contribution in [0.15, 0.2) is 12.1 Å². The Hall–Kier alpha value is -1.91. The van der Waals surface area contributed by atoms with Gasteiger partial charge in [-0.05, 0) is 25.0 Å². The number of nitrogens with one attached hydrogen (secondary N) is 2. The van der Waals surface area contributed by atoms with Crippen molar-refractivity contribution in [1.82, 2.24) is 5.32 Å². The Bertz CT molecular complexity index is 475. The van der Waals surface area contributed by atoms with Gasteiger partial charge in [0.15, 0.2) is 0 Å². The summed E-state index contributed by atoms with van der Waals surface area (Å²) in [6, 6.07) is 3.40. The Morgan fingerprint density at radius 1 is 1.05 bits per heavy atom. The Labute approximate surface area is 133 Å². The minimum Gasteiger partial charge on any atom is -0.496 e. The minimum absolute atomic E-state index is 0.223. The highest BCUT2D eigenvalue weighted by Gasteiger charge is 2.11. The van der Waals surface area contributed by atoms with Gasteiger partial charge in [0.25, 0.3) is 0 Å². The van der Waals surface area contributed by atoms with Crippen molar-refractivity contribution in [1.29, 1.82) is 0 Å². The molecular weight excluding hydrogens is 280 g/mol. The minimum atomic E-state index is -0.223. The number of amides is 2. The number of benzene rings is 1. The van der Waals surface area contributed by atoms with Gasteiger partial charge in [0.05, 0.1) is 19.9 Å². The molecule has 0 saturated carbocycles. The quantitative estimate of drug-likeness (QED) is 0.675. The van der Waals surface area contributed by atoms with Crippen LogP contribution in [-0.4, -0.2) is 26.8 Å². The maximum atomic E-state index is 11.9. The summed E-state index contributed by atoms with van der Waals surface area (Å²) in [5.41, 5.74) is 1.56. The zero-order valence-corrected chi connectivity index (χ0v) is 14.1. The molecule has 0 heterocycles. The fourth-order valence-corrected chi connectivity index (χ4v) is 2.25. The molecule has 5 heteroatoms. The molecule has 0 spiro atoms. The third kappa shape index (κ3) is 5.84. The van der Waals surface area contributed by atoms with Crippen LogP contribution < -0.4 is 20.1 Å². The normalized spacial score (nSPS) is 10.2. The topological polar surface area (TPSA) is 59.6 Å². The Morgan fingerprint density at radius 3 is 2.36 bits per heavy atom. The molecule has 0 atom stereocenters. The molecule has 1 aromatic carbocycles. The molecule has 2 N–H and O–H groups in total. The summed E-state index contributed by atoms with van der Waals surface area (Å²) in [5, 5.41) is 5.68. The Balaban J connectivity index is 2.49. The van der Waals surface area contributed by atoms with Crippen molar-refractivity contribution in [2.45, 2.75) is 46.0 Å². The van der Waals surface area contributed by atoms with E-state index in [4.69, 9.17) is 9.47 Å². The van der Waals surface area contributed by atoms with E-state index >= 15 is 0 Å². The van der Waals surface area contributed by atoms with Crippen LogP contribution in [0, 0.1) is 6.92 Å². The summed E-state index contributed by atoms with van der Waals surface area (Å²) in [4.78, 5) is 11.9. The standard InChI is InChI=1S/C17H28N2O3/c1-5-6-7-8-9-10-18-17(20)19-14-12-15(21-3)13(2)11-16(14)22-4/h11-12H,5-10H2,1-4H3,(H2,18,19,20). The molecule has 0 aliphatic carbocycles. The van der Waals surface area contributed by atoms with Crippen LogP contribution in [0.4, 0.5) is 10.5 Å². The molecule has 2 amide bonds. The Morgan fingerprint density at radius 2 is 1.73 bits per heavy atom. The molecule has 0 aliphatic heterocycles. The van der Waals surface area contributed by atoms with Crippen LogP contribution in [0.25, 0.3) is 0 Å². The van der Waals surface area contributed by atoms with Gasteiger partial charge in [-0.3, -0.25) is 0 Å². The fourth-order valence-electron chi connectivity index (χ4n) is 2.25. The third-order valence-corrected chi connectivity index (χ3v) is 3.53. The lowest BCUT2D eigenvalue weighted by Crippen LogP contribution is -2.29. The second kappa shape index (κ2) is 9.92. The fraction of sp³-hybridized carbons (Fsp3) is 0.588. The molecule has 1 rings (SSSR count). The molecule has 124 valence electrons. The van der Waals surface area contributed by atoms with Crippen molar-refractivity contribution in [2.24, 2.45) is 0 Å². The van der Waals surface area contributed by atoms with Gasteiger partial charge < -0.3 is 20.1 Å². The number of ether oxygens (including phenoxy) is 2. The second-order valence-electron chi connectivity index (χ2n) is 5.32. The van der Waals surface area contributed by atoms with Crippen LogP contribution in [0.1, 0.15) is 44.6 Å². The monoisotopic (exact) mass is 308 g/mol. The van der Waals surface area contributed by atoms with Crippen LogP contribution in [-0.2, 0) is 0 Å². The SMILES string of the molecule is CCCCCCCNC(=O)Nc1cc(OC)c(C)cc1OC. The van der Waals surface area contributed by atoms with Gasteiger partial charge in [0, 0.05) is 12.6 Å². The molecule has 0 aromatic heterocycles. The van der Waals surface area contributed by atoms with E-state index in [1.54, 1.807) is 20.3 Å². The van der Waals surface area contributed by atoms with E-state index in [2.05, 4.69) is 17.6 Å². The van der Waals surface area contributed by atoms with Gasteiger partial charge in [0.2, 0.25) is 0 Å². The van der Waals surface area contributed by atoms with E-state index in [-0.39, 0.29) is 6.03 Å². The summed E-state index contributed by atoms with van der Waals surface area (Å²) in [6.45, 7) is 4.80. The molecule has 0 bridgehead atoms. The summed E-state index contributed by atoms with van der Waals surface area (Å²) in [5.74, 6) is 1.34. The summed E-state index contributed by atoms with van der Waals surface area (Å²) < 4.78 is 10.6. The number of carbonyl (C=O) groups is 1. The maximum Gasteiger partial charge on any atom is 0.319 e. The average molecular weight is 308 g/mol. The predicted molar refractivity (Wildman–Crippen MR) is 90.1 cm³/mol. The van der Waals surface area contributed by atoms with E-state index in [0.717, 1.165) is 24.2 Å². The van der Waals surface area contributed by atoms with Crippen LogP contribution >= 0.6 is 0 Å². The summed E-state index contributed by atoms with van der Waals surface area (Å²) >= 11 is 0. The lowest BCUT2D eigenvalue weighted by molar-refractivity contribution is 0.251. The summed E-state index contributed by atoms with van der Waals surface area (Å²) in [7, 11) is 3.19. The smallest absolute Gasteiger partial charge is 0.319 e. The zero-order chi connectivity index (χ0) is 16.4. The van der Waals surface area contributed by atoms with Crippen LogP contribution in [0.5, 0.6) is 11.5 Å². The molecule has 0 fully saturated rings. The van der Waals surface area contributed by atoms with Gasteiger partial charge in [-0.25, -0.2) is 4.79 Å². The van der Waals surface area contributed by atoms with E-state index in [1.807, 2.05) is 13.0 Å². The first-order chi connectivity index (χ1) is 10.6. The van der Waals surface area contributed by atoms with Crippen molar-refractivity contribution in [3.05, 3.63) is 17.7 Å². The first-order valence-electron chi connectivity index (χ1n) is 7.89. The number of anilines is 1. The molecule has 1 aromatic rings. The highest BCUT2D eigenvalue weighted by Crippen LogP contribution is 2.32. The lowest BCUT2D eigenvalue weighted by Gasteiger charge is -2.14. The van der Waals surface area contributed by atoms with E-state index in [9.17, 15) is 4.79 Å². The number of aryl methyl sites for hydroxylation is 1. The predicted octanol–water partition coefficient (Wildman–Crippen LogP) is 4.10. The number of methoxy groups -OCH3 is 2. The van der Waals surface area contributed by atoms with E-state index in [1.165, 1.54) is 19.3 Å². The highest BCUT2D eigenvalue weighted by atomic mass is 16.5.